The van der Waals surface area contributed by atoms with Gasteiger partial charge in [-0.25, -0.2) is 4.79 Å². The molecule has 17 heavy (non-hydrogen) atoms. The van der Waals surface area contributed by atoms with Gasteiger partial charge in [0.1, 0.15) is 0 Å². The summed E-state index contributed by atoms with van der Waals surface area (Å²) in [5, 5.41) is 8.01. The fourth-order valence-electron chi connectivity index (χ4n) is 1.45. The predicted octanol–water partition coefficient (Wildman–Crippen LogP) is 5.18. The number of allylic oxidation sites excluding steroid dienone is 1. The van der Waals surface area contributed by atoms with E-state index in [-0.39, 0.29) is 0 Å². The summed E-state index contributed by atoms with van der Waals surface area (Å²) in [4.78, 5) is 9.73. The molecule has 102 valence electrons. The van der Waals surface area contributed by atoms with E-state index in [1.54, 1.807) is 13.8 Å². The number of carbonyl (C=O) groups is 1. The minimum atomic E-state index is -0.875. The Morgan fingerprint density at radius 1 is 0.882 bits per heavy atom. The third-order valence-corrected chi connectivity index (χ3v) is 2.37. The van der Waals surface area contributed by atoms with E-state index in [4.69, 9.17) is 5.11 Å². The first-order valence-electron chi connectivity index (χ1n) is 6.92. The average Bonchev–Trinajstić information content (AvgIpc) is 2.22. The van der Waals surface area contributed by atoms with Crippen molar-refractivity contribution in [2.24, 2.45) is 0 Å². The van der Waals surface area contributed by atoms with Crippen LogP contribution in [0.25, 0.3) is 0 Å². The summed E-state index contributed by atoms with van der Waals surface area (Å²) >= 11 is 0. The zero-order valence-electron chi connectivity index (χ0n) is 12.1. The highest BCUT2D eigenvalue weighted by Gasteiger charge is 1.87. The maximum atomic E-state index is 9.73. The van der Waals surface area contributed by atoms with Crippen molar-refractivity contribution < 1.29 is 9.90 Å². The molecule has 0 bridgehead atoms. The molecule has 0 radical (unpaired) electrons. The fourth-order valence-corrected chi connectivity index (χ4v) is 1.45. The van der Waals surface area contributed by atoms with E-state index in [0.717, 1.165) is 5.57 Å². The summed E-state index contributed by atoms with van der Waals surface area (Å²) < 4.78 is 0. The second-order valence-electron chi connectivity index (χ2n) is 4.68. The van der Waals surface area contributed by atoms with Crippen LogP contribution in [0, 0.1) is 0 Å². The van der Waals surface area contributed by atoms with Crippen molar-refractivity contribution in [3.05, 3.63) is 11.6 Å². The first kappa shape index (κ1) is 18.6. The van der Waals surface area contributed by atoms with Gasteiger partial charge in [0.15, 0.2) is 0 Å². The molecule has 0 saturated carbocycles. The van der Waals surface area contributed by atoms with Gasteiger partial charge in [0.05, 0.1) is 0 Å². The van der Waals surface area contributed by atoms with Crippen molar-refractivity contribution in [1.29, 1.82) is 0 Å². The molecule has 0 aromatic rings. The zero-order chi connectivity index (χ0) is 13.5. The van der Waals surface area contributed by atoms with E-state index in [1.165, 1.54) is 57.4 Å². The van der Waals surface area contributed by atoms with Crippen LogP contribution in [0.15, 0.2) is 11.6 Å². The van der Waals surface area contributed by atoms with Gasteiger partial charge in [0.2, 0.25) is 0 Å². The molecule has 0 saturated heterocycles. The summed E-state index contributed by atoms with van der Waals surface area (Å²) in [5.41, 5.74) is 0.813. The summed E-state index contributed by atoms with van der Waals surface area (Å²) in [7, 11) is 0. The number of hydrogen-bond donors (Lipinski definition) is 1. The highest BCUT2D eigenvalue weighted by molar-refractivity contribution is 5.80. The minimum Gasteiger partial charge on any atom is -0.478 e. The van der Waals surface area contributed by atoms with Crippen LogP contribution in [-0.2, 0) is 4.79 Å². The Morgan fingerprint density at radius 3 is 1.41 bits per heavy atom. The summed E-state index contributed by atoms with van der Waals surface area (Å²) in [6, 6.07) is 0. The average molecular weight is 242 g/mol. The van der Waals surface area contributed by atoms with Crippen LogP contribution >= 0.6 is 0 Å². The Bertz CT molecular complexity index is 183. The first-order valence-corrected chi connectivity index (χ1v) is 6.92. The van der Waals surface area contributed by atoms with Crippen molar-refractivity contribution in [2.75, 3.05) is 0 Å². The van der Waals surface area contributed by atoms with E-state index in [9.17, 15) is 4.79 Å². The number of carboxylic acid groups (broad SMARTS) is 1. The molecule has 0 aromatic carbocycles. The highest BCUT2D eigenvalue weighted by atomic mass is 16.4. The maximum Gasteiger partial charge on any atom is 0.328 e. The second-order valence-corrected chi connectivity index (χ2v) is 4.68. The number of rotatable bonds is 8. The van der Waals surface area contributed by atoms with Crippen LogP contribution in [-0.4, -0.2) is 11.1 Å². The van der Waals surface area contributed by atoms with Crippen LogP contribution in [0.2, 0.25) is 0 Å². The van der Waals surface area contributed by atoms with Crippen molar-refractivity contribution >= 4 is 5.97 Å². The monoisotopic (exact) mass is 242 g/mol. The lowest BCUT2D eigenvalue weighted by molar-refractivity contribution is -0.131. The van der Waals surface area contributed by atoms with E-state index in [0.29, 0.717) is 0 Å². The van der Waals surface area contributed by atoms with Crippen molar-refractivity contribution in [3.63, 3.8) is 0 Å². The summed E-state index contributed by atoms with van der Waals surface area (Å²) in [6.07, 6.45) is 12.6. The van der Waals surface area contributed by atoms with Crippen molar-refractivity contribution in [2.45, 2.75) is 79.1 Å². The van der Waals surface area contributed by atoms with Gasteiger partial charge in [0.25, 0.3) is 0 Å². The molecule has 2 nitrogen and oxygen atoms in total. The Morgan fingerprint density at radius 2 is 1.24 bits per heavy atom. The lowest BCUT2D eigenvalue weighted by atomic mass is 10.1. The molecular formula is C15H30O2. The predicted molar refractivity (Wildman–Crippen MR) is 75.4 cm³/mol. The smallest absolute Gasteiger partial charge is 0.328 e. The minimum absolute atomic E-state index is 0.813. The van der Waals surface area contributed by atoms with Gasteiger partial charge in [-0.15, -0.1) is 0 Å². The molecule has 2 heteroatoms. The molecule has 0 aliphatic rings. The van der Waals surface area contributed by atoms with E-state index in [2.05, 4.69) is 13.8 Å². The van der Waals surface area contributed by atoms with Crippen molar-refractivity contribution in [1.82, 2.24) is 0 Å². The molecular weight excluding hydrogens is 212 g/mol. The number of carboxylic acids is 1. The number of unbranched alkanes of at least 4 members (excludes halogenated alkanes) is 7. The standard InChI is InChI=1S/C10H22.C5H8O2/c1-3-5-7-9-10-8-6-4-2;1-4(2)3-5(6)7/h3-10H2,1-2H3;3H,1-2H3,(H,6,7). The maximum absolute atomic E-state index is 9.73. The Kier molecular flexibility index (Phi) is 16.6. The van der Waals surface area contributed by atoms with E-state index < -0.39 is 5.97 Å². The number of aliphatic carboxylic acids is 1. The van der Waals surface area contributed by atoms with Crippen molar-refractivity contribution in [3.8, 4) is 0 Å². The zero-order valence-corrected chi connectivity index (χ0v) is 12.1. The lowest BCUT2D eigenvalue weighted by Crippen LogP contribution is -1.86. The lowest BCUT2D eigenvalue weighted by Gasteiger charge is -1.97. The molecule has 0 atom stereocenters. The van der Waals surface area contributed by atoms with Gasteiger partial charge >= 0.3 is 5.97 Å². The summed E-state index contributed by atoms with van der Waals surface area (Å²) in [6.45, 7) is 8.03. The third kappa shape index (κ3) is 25.5. The molecule has 0 amide bonds. The highest BCUT2D eigenvalue weighted by Crippen LogP contribution is 2.07. The largest absolute Gasteiger partial charge is 0.478 e. The SMILES string of the molecule is CC(C)=CC(=O)O.CCCCCCCCCC. The molecule has 0 heterocycles. The van der Waals surface area contributed by atoms with Crippen LogP contribution < -0.4 is 0 Å². The van der Waals surface area contributed by atoms with Gasteiger partial charge in [-0.05, 0) is 13.8 Å². The van der Waals surface area contributed by atoms with E-state index >= 15 is 0 Å². The number of hydrogen-bond acceptors (Lipinski definition) is 1. The molecule has 0 fully saturated rings. The molecule has 0 aliphatic carbocycles. The summed E-state index contributed by atoms with van der Waals surface area (Å²) in [5.74, 6) is -0.875. The molecule has 0 aromatic heterocycles. The topological polar surface area (TPSA) is 37.3 Å². The molecule has 1 N–H and O–H groups in total. The van der Waals surface area contributed by atoms with Crippen LogP contribution in [0.5, 0.6) is 0 Å². The van der Waals surface area contributed by atoms with Gasteiger partial charge in [-0.1, -0.05) is 70.8 Å². The van der Waals surface area contributed by atoms with Gasteiger partial charge in [0, 0.05) is 6.08 Å². The van der Waals surface area contributed by atoms with Gasteiger partial charge in [-0.2, -0.15) is 0 Å². The van der Waals surface area contributed by atoms with E-state index in [1.807, 2.05) is 0 Å². The Labute approximate surface area is 107 Å². The normalized spacial score (nSPS) is 9.18. The van der Waals surface area contributed by atoms with Crippen LogP contribution in [0.1, 0.15) is 79.1 Å². The molecule has 0 spiro atoms. The van der Waals surface area contributed by atoms with Gasteiger partial charge in [-0.3, -0.25) is 0 Å². The third-order valence-electron chi connectivity index (χ3n) is 2.37. The second kappa shape index (κ2) is 15.2. The first-order chi connectivity index (χ1) is 8.04. The Balaban J connectivity index is 0. The van der Waals surface area contributed by atoms with Crippen LogP contribution in [0.3, 0.4) is 0 Å². The van der Waals surface area contributed by atoms with Crippen LogP contribution in [0.4, 0.5) is 0 Å². The quantitative estimate of drug-likeness (QED) is 0.470. The molecule has 0 unspecified atom stereocenters. The fraction of sp³-hybridized carbons (Fsp3) is 0.800. The Hall–Kier alpha value is -0.790. The molecule has 0 rings (SSSR count). The molecule has 0 aliphatic heterocycles. The van der Waals surface area contributed by atoms with Gasteiger partial charge < -0.3 is 5.11 Å².